The van der Waals surface area contributed by atoms with Crippen LogP contribution in [0, 0.1) is 5.92 Å². The van der Waals surface area contributed by atoms with Gasteiger partial charge in [-0.1, -0.05) is 13.8 Å². The number of amides is 1. The summed E-state index contributed by atoms with van der Waals surface area (Å²) in [5.41, 5.74) is 6.31. The highest BCUT2D eigenvalue weighted by Crippen LogP contribution is 2.14. The summed E-state index contributed by atoms with van der Waals surface area (Å²) in [6.45, 7) is 4.64. The van der Waals surface area contributed by atoms with E-state index in [0.29, 0.717) is 37.3 Å². The Morgan fingerprint density at radius 2 is 1.83 bits per heavy atom. The maximum absolute atomic E-state index is 12.1. The van der Waals surface area contributed by atoms with E-state index in [1.54, 1.807) is 31.4 Å². The van der Waals surface area contributed by atoms with Crippen molar-refractivity contribution in [3.8, 4) is 5.75 Å². The molecule has 1 unspecified atom stereocenters. The highest BCUT2D eigenvalue weighted by Gasteiger charge is 2.13. The number of carbonyl (C=O) groups excluding carboxylic acids is 2. The summed E-state index contributed by atoms with van der Waals surface area (Å²) in [7, 11) is 1.59. The topological polar surface area (TPSA) is 81.4 Å². The first kappa shape index (κ1) is 19.2. The molecule has 0 spiro atoms. The van der Waals surface area contributed by atoms with Gasteiger partial charge in [0.25, 0.3) is 0 Å². The number of ether oxygens (including phenoxy) is 1. The van der Waals surface area contributed by atoms with Crippen LogP contribution in [0.4, 0.5) is 0 Å². The molecule has 3 N–H and O–H groups in total. The number of rotatable bonds is 10. The first-order valence-corrected chi connectivity index (χ1v) is 8.13. The Morgan fingerprint density at radius 3 is 2.35 bits per heavy atom. The van der Waals surface area contributed by atoms with Gasteiger partial charge in [0.05, 0.1) is 7.11 Å². The van der Waals surface area contributed by atoms with E-state index in [4.69, 9.17) is 10.5 Å². The Bertz CT molecular complexity index is 497. The molecule has 0 aromatic heterocycles. The molecular formula is C18H28N2O3. The van der Waals surface area contributed by atoms with Crippen molar-refractivity contribution in [2.75, 3.05) is 13.7 Å². The Morgan fingerprint density at radius 1 is 1.17 bits per heavy atom. The number of ketones is 1. The molecule has 1 aromatic carbocycles. The van der Waals surface area contributed by atoms with Crippen LogP contribution in [0.5, 0.6) is 5.75 Å². The second-order valence-electron chi connectivity index (χ2n) is 6.13. The molecule has 0 radical (unpaired) electrons. The third-order valence-electron chi connectivity index (χ3n) is 3.63. The van der Waals surface area contributed by atoms with Crippen molar-refractivity contribution in [3.05, 3.63) is 29.8 Å². The van der Waals surface area contributed by atoms with Crippen LogP contribution in [0.3, 0.4) is 0 Å². The zero-order chi connectivity index (χ0) is 17.2. The van der Waals surface area contributed by atoms with E-state index < -0.39 is 0 Å². The number of hydrogen-bond acceptors (Lipinski definition) is 4. The molecule has 23 heavy (non-hydrogen) atoms. The number of methoxy groups -OCH3 is 1. The Balaban J connectivity index is 2.34. The Hall–Kier alpha value is -1.88. The van der Waals surface area contributed by atoms with Crippen molar-refractivity contribution < 1.29 is 14.3 Å². The van der Waals surface area contributed by atoms with Gasteiger partial charge >= 0.3 is 0 Å². The summed E-state index contributed by atoms with van der Waals surface area (Å²) in [6.07, 6.45) is 2.11. The SMILES string of the molecule is COc1ccc(C(=O)CCCC(=O)NC(CN)CC(C)C)cc1. The van der Waals surface area contributed by atoms with Gasteiger partial charge in [-0.25, -0.2) is 0 Å². The van der Waals surface area contributed by atoms with Crippen LogP contribution in [0.2, 0.25) is 0 Å². The lowest BCUT2D eigenvalue weighted by molar-refractivity contribution is -0.121. The first-order valence-electron chi connectivity index (χ1n) is 8.13. The average molecular weight is 320 g/mol. The van der Waals surface area contributed by atoms with Gasteiger partial charge in [0.15, 0.2) is 5.78 Å². The van der Waals surface area contributed by atoms with E-state index in [1.165, 1.54) is 0 Å². The summed E-state index contributed by atoms with van der Waals surface area (Å²) in [6, 6.07) is 7.03. The fourth-order valence-electron chi connectivity index (χ4n) is 2.41. The third-order valence-corrected chi connectivity index (χ3v) is 3.63. The van der Waals surface area contributed by atoms with Gasteiger partial charge in [0.2, 0.25) is 5.91 Å². The quantitative estimate of drug-likeness (QED) is 0.649. The molecule has 0 aliphatic carbocycles. The zero-order valence-corrected chi connectivity index (χ0v) is 14.3. The van der Waals surface area contributed by atoms with Crippen LogP contribution in [-0.2, 0) is 4.79 Å². The maximum Gasteiger partial charge on any atom is 0.220 e. The van der Waals surface area contributed by atoms with Crippen molar-refractivity contribution in [2.24, 2.45) is 11.7 Å². The molecule has 5 heteroatoms. The molecule has 0 heterocycles. The fraction of sp³-hybridized carbons (Fsp3) is 0.556. The van der Waals surface area contributed by atoms with Crippen LogP contribution < -0.4 is 15.8 Å². The van der Waals surface area contributed by atoms with Gasteiger partial charge in [-0.2, -0.15) is 0 Å². The number of Topliss-reactive ketones (excluding diaryl/α,β-unsaturated/α-hetero) is 1. The number of nitrogens with two attached hydrogens (primary N) is 1. The predicted molar refractivity (Wildman–Crippen MR) is 91.6 cm³/mol. The summed E-state index contributed by atoms with van der Waals surface area (Å²) >= 11 is 0. The van der Waals surface area contributed by atoms with E-state index in [9.17, 15) is 9.59 Å². The predicted octanol–water partition coefficient (Wildman–Crippen LogP) is 2.54. The fourth-order valence-corrected chi connectivity index (χ4v) is 2.41. The van der Waals surface area contributed by atoms with Gasteiger partial charge in [-0.3, -0.25) is 9.59 Å². The summed E-state index contributed by atoms with van der Waals surface area (Å²) < 4.78 is 5.06. The molecule has 0 aliphatic heterocycles. The third kappa shape index (κ3) is 7.28. The first-order chi connectivity index (χ1) is 11.0. The minimum Gasteiger partial charge on any atom is -0.497 e. The van der Waals surface area contributed by atoms with E-state index in [2.05, 4.69) is 19.2 Å². The van der Waals surface area contributed by atoms with Crippen molar-refractivity contribution in [3.63, 3.8) is 0 Å². The zero-order valence-electron chi connectivity index (χ0n) is 14.3. The lowest BCUT2D eigenvalue weighted by Gasteiger charge is -2.18. The molecule has 128 valence electrons. The Labute approximate surface area is 138 Å². The maximum atomic E-state index is 12.1. The summed E-state index contributed by atoms with van der Waals surface area (Å²) in [5.74, 6) is 1.21. The number of hydrogen-bond donors (Lipinski definition) is 2. The second kappa shape index (κ2) is 10.0. The molecule has 0 bridgehead atoms. The normalized spacial score (nSPS) is 12.0. The van der Waals surface area contributed by atoms with Crippen LogP contribution in [0.25, 0.3) is 0 Å². The second-order valence-corrected chi connectivity index (χ2v) is 6.13. The van der Waals surface area contributed by atoms with Crippen LogP contribution in [0.1, 0.15) is 49.9 Å². The summed E-state index contributed by atoms with van der Waals surface area (Å²) in [5, 5.41) is 2.93. The molecule has 0 saturated carbocycles. The van der Waals surface area contributed by atoms with E-state index >= 15 is 0 Å². The van der Waals surface area contributed by atoms with Crippen LogP contribution in [0.15, 0.2) is 24.3 Å². The smallest absolute Gasteiger partial charge is 0.220 e. The van der Waals surface area contributed by atoms with E-state index in [0.717, 1.165) is 12.2 Å². The molecule has 5 nitrogen and oxygen atoms in total. The molecule has 0 saturated heterocycles. The monoisotopic (exact) mass is 320 g/mol. The van der Waals surface area contributed by atoms with Crippen molar-refractivity contribution in [1.82, 2.24) is 5.32 Å². The number of benzene rings is 1. The number of carbonyl (C=O) groups is 2. The van der Waals surface area contributed by atoms with E-state index in [1.807, 2.05) is 0 Å². The van der Waals surface area contributed by atoms with Crippen molar-refractivity contribution >= 4 is 11.7 Å². The molecule has 1 amide bonds. The van der Waals surface area contributed by atoms with Gasteiger partial charge in [0, 0.05) is 31.0 Å². The van der Waals surface area contributed by atoms with Gasteiger partial charge < -0.3 is 15.8 Å². The average Bonchev–Trinajstić information content (AvgIpc) is 2.53. The molecule has 1 rings (SSSR count). The van der Waals surface area contributed by atoms with E-state index in [-0.39, 0.29) is 17.7 Å². The largest absolute Gasteiger partial charge is 0.497 e. The van der Waals surface area contributed by atoms with Gasteiger partial charge in [0.1, 0.15) is 5.75 Å². The van der Waals surface area contributed by atoms with Crippen LogP contribution >= 0.6 is 0 Å². The lowest BCUT2D eigenvalue weighted by Crippen LogP contribution is -2.40. The standard InChI is InChI=1S/C18H28N2O3/c1-13(2)11-15(12-19)20-18(22)6-4-5-17(21)14-7-9-16(23-3)10-8-14/h7-10,13,15H,4-6,11-12,19H2,1-3H3,(H,20,22). The summed E-state index contributed by atoms with van der Waals surface area (Å²) in [4.78, 5) is 24.0. The minimum atomic E-state index is -0.0383. The van der Waals surface area contributed by atoms with Gasteiger partial charge in [-0.15, -0.1) is 0 Å². The van der Waals surface area contributed by atoms with Crippen molar-refractivity contribution in [1.29, 1.82) is 0 Å². The number of nitrogens with one attached hydrogen (secondary N) is 1. The minimum absolute atomic E-state index is 0.0137. The lowest BCUT2D eigenvalue weighted by atomic mass is 10.0. The highest BCUT2D eigenvalue weighted by atomic mass is 16.5. The molecular weight excluding hydrogens is 292 g/mol. The van der Waals surface area contributed by atoms with Crippen molar-refractivity contribution in [2.45, 2.75) is 45.6 Å². The molecule has 1 atom stereocenters. The van der Waals surface area contributed by atoms with Crippen LogP contribution in [-0.4, -0.2) is 31.4 Å². The Kier molecular flexibility index (Phi) is 8.33. The van der Waals surface area contributed by atoms with Gasteiger partial charge in [-0.05, 0) is 43.0 Å². The molecule has 0 aliphatic rings. The highest BCUT2D eigenvalue weighted by molar-refractivity contribution is 5.96. The molecule has 1 aromatic rings. The molecule has 0 fully saturated rings.